The number of H-pyrrole nitrogens is 2. The normalized spacial score (nSPS) is 13.7. The molecule has 4 N–H and O–H groups in total. The van der Waals surface area contributed by atoms with Crippen molar-refractivity contribution in [2.24, 2.45) is 0 Å². The number of fused-ring (bicyclic) bond motifs is 2. The Morgan fingerprint density at radius 1 is 1.00 bits per heavy atom. The number of aromatic nitrogens is 2. The van der Waals surface area contributed by atoms with Crippen LogP contribution < -0.4 is 10.6 Å². The minimum Gasteiger partial charge on any atom is -0.370 e. The molecule has 2 heterocycles. The van der Waals surface area contributed by atoms with E-state index in [0.717, 1.165) is 32.9 Å². The number of carbonyl (C=O) groups is 2. The summed E-state index contributed by atoms with van der Waals surface area (Å²) in [6, 6.07) is 13.1. The quantitative estimate of drug-likeness (QED) is 0.354. The molecule has 172 valence electrons. The molecule has 4 aromatic rings. The monoisotopic (exact) mass is 446 g/mol. The molecule has 0 aliphatic carbocycles. The van der Waals surface area contributed by atoms with Crippen molar-refractivity contribution >= 4 is 33.6 Å². The van der Waals surface area contributed by atoms with Crippen molar-refractivity contribution in [1.29, 1.82) is 0 Å². The Morgan fingerprint density at radius 2 is 1.76 bits per heavy atom. The van der Waals surface area contributed by atoms with Crippen molar-refractivity contribution < 1.29 is 14.3 Å². The molecule has 7 heteroatoms. The molecule has 2 aromatic heterocycles. The number of hydrogen-bond acceptors (Lipinski definition) is 3. The van der Waals surface area contributed by atoms with E-state index in [1.165, 1.54) is 0 Å². The second kappa shape index (κ2) is 8.75. The molecule has 2 atom stereocenters. The van der Waals surface area contributed by atoms with Crippen molar-refractivity contribution in [3.05, 3.63) is 60.4 Å². The fraction of sp³-hybridized carbons (Fsp3) is 0.308. The molecular formula is C26H30N4O3. The Bertz CT molecular complexity index is 1310. The molecule has 7 nitrogen and oxygen atoms in total. The van der Waals surface area contributed by atoms with Gasteiger partial charge < -0.3 is 25.3 Å². The van der Waals surface area contributed by atoms with Gasteiger partial charge in [0, 0.05) is 30.3 Å². The van der Waals surface area contributed by atoms with Gasteiger partial charge in [0.2, 0.25) is 5.91 Å². The number of aromatic amines is 2. The maximum Gasteiger partial charge on any atom is 0.254 e. The molecule has 0 fully saturated rings. The van der Waals surface area contributed by atoms with Gasteiger partial charge >= 0.3 is 0 Å². The number of ether oxygens (including phenoxy) is 1. The van der Waals surface area contributed by atoms with Crippen molar-refractivity contribution in [2.75, 3.05) is 7.05 Å². The number of nitrogens with one attached hydrogen (secondary N) is 4. The number of rotatable bonds is 6. The molecule has 0 saturated carbocycles. The standard InChI is InChI=1S/C26H30N4O3/c1-15(33-26(2,3)4)22(25(32)27-5)30-24(31)20-8-7-18(19-11-13-29-23(19)20)16-6-9-21-17(14-16)10-12-28-21/h6-15,22,28-29H,1-5H3,(H,27,32)(H,30,31)/t15?,22-/m1/s1. The first kappa shape index (κ1) is 22.6. The topological polar surface area (TPSA) is 99.0 Å². The maximum absolute atomic E-state index is 13.3. The summed E-state index contributed by atoms with van der Waals surface area (Å²) in [4.78, 5) is 32.2. The van der Waals surface area contributed by atoms with E-state index in [-0.39, 0.29) is 11.8 Å². The summed E-state index contributed by atoms with van der Waals surface area (Å²) >= 11 is 0. The first-order valence-corrected chi connectivity index (χ1v) is 11.1. The smallest absolute Gasteiger partial charge is 0.254 e. The second-order valence-electron chi connectivity index (χ2n) is 9.21. The van der Waals surface area contributed by atoms with Gasteiger partial charge in [-0.3, -0.25) is 9.59 Å². The highest BCUT2D eigenvalue weighted by atomic mass is 16.5. The van der Waals surface area contributed by atoms with Gasteiger partial charge in [-0.25, -0.2) is 0 Å². The Kier molecular flexibility index (Phi) is 5.99. The number of benzene rings is 2. The van der Waals surface area contributed by atoms with Crippen LogP contribution in [-0.4, -0.2) is 46.6 Å². The number of amides is 2. The summed E-state index contributed by atoms with van der Waals surface area (Å²) < 4.78 is 5.95. The molecule has 4 rings (SSSR count). The van der Waals surface area contributed by atoms with Crippen LogP contribution in [0.4, 0.5) is 0 Å². The van der Waals surface area contributed by atoms with Crippen LogP contribution in [0.3, 0.4) is 0 Å². The molecule has 0 bridgehead atoms. The van der Waals surface area contributed by atoms with E-state index in [0.29, 0.717) is 5.56 Å². The minimum absolute atomic E-state index is 0.306. The fourth-order valence-corrected chi connectivity index (χ4v) is 4.21. The summed E-state index contributed by atoms with van der Waals surface area (Å²) in [5.41, 5.74) is 3.91. The van der Waals surface area contributed by atoms with Crippen LogP contribution in [0.5, 0.6) is 0 Å². The fourth-order valence-electron chi connectivity index (χ4n) is 4.21. The summed E-state index contributed by atoms with van der Waals surface area (Å²) in [6.07, 6.45) is 3.22. The third kappa shape index (κ3) is 4.64. The van der Waals surface area contributed by atoms with Crippen molar-refractivity contribution in [2.45, 2.75) is 45.4 Å². The average molecular weight is 447 g/mol. The summed E-state index contributed by atoms with van der Waals surface area (Å²) in [7, 11) is 1.55. The highest BCUT2D eigenvalue weighted by Gasteiger charge is 2.31. The number of likely N-dealkylation sites (N-methyl/N-ethyl adjacent to an activating group) is 1. The predicted octanol–water partition coefficient (Wildman–Crippen LogP) is 4.36. The Labute approximate surface area is 192 Å². The Hall–Kier alpha value is -3.58. The molecular weight excluding hydrogens is 416 g/mol. The summed E-state index contributed by atoms with van der Waals surface area (Å²) in [5.74, 6) is -0.646. The van der Waals surface area contributed by atoms with E-state index in [2.05, 4.69) is 32.7 Å². The van der Waals surface area contributed by atoms with Crippen LogP contribution in [-0.2, 0) is 9.53 Å². The van der Waals surface area contributed by atoms with Gasteiger partial charge in [0.1, 0.15) is 6.04 Å². The maximum atomic E-state index is 13.3. The molecule has 0 radical (unpaired) electrons. The van der Waals surface area contributed by atoms with E-state index >= 15 is 0 Å². The second-order valence-corrected chi connectivity index (χ2v) is 9.21. The number of hydrogen-bond donors (Lipinski definition) is 4. The van der Waals surface area contributed by atoms with Gasteiger partial charge in [-0.1, -0.05) is 12.1 Å². The Balaban J connectivity index is 1.66. The van der Waals surface area contributed by atoms with Crippen LogP contribution in [0.25, 0.3) is 32.9 Å². The van der Waals surface area contributed by atoms with Gasteiger partial charge in [0.05, 0.1) is 22.8 Å². The van der Waals surface area contributed by atoms with E-state index < -0.39 is 17.7 Å². The molecule has 33 heavy (non-hydrogen) atoms. The van der Waals surface area contributed by atoms with Gasteiger partial charge in [0.15, 0.2) is 0 Å². The van der Waals surface area contributed by atoms with E-state index in [4.69, 9.17) is 4.74 Å². The lowest BCUT2D eigenvalue weighted by Crippen LogP contribution is -2.53. The van der Waals surface area contributed by atoms with Gasteiger partial charge in [-0.15, -0.1) is 0 Å². The minimum atomic E-state index is -0.831. The SMILES string of the molecule is CNC(=O)[C@H](NC(=O)c1ccc(-c2ccc3[nH]ccc3c2)c2cc[nH]c12)C(C)OC(C)(C)C. The van der Waals surface area contributed by atoms with Crippen molar-refractivity contribution in [1.82, 2.24) is 20.6 Å². The largest absolute Gasteiger partial charge is 0.370 e. The predicted molar refractivity (Wildman–Crippen MR) is 131 cm³/mol. The molecule has 0 aliphatic heterocycles. The van der Waals surface area contributed by atoms with Crippen LogP contribution in [0.15, 0.2) is 54.9 Å². The molecule has 2 amide bonds. The third-order valence-corrected chi connectivity index (χ3v) is 5.66. The van der Waals surface area contributed by atoms with Gasteiger partial charge in [-0.2, -0.15) is 0 Å². The first-order chi connectivity index (χ1) is 15.7. The lowest BCUT2D eigenvalue weighted by molar-refractivity contribution is -0.130. The molecule has 1 unspecified atom stereocenters. The zero-order valence-corrected chi connectivity index (χ0v) is 19.6. The summed E-state index contributed by atoms with van der Waals surface area (Å²) in [6.45, 7) is 7.53. The van der Waals surface area contributed by atoms with E-state index in [1.54, 1.807) is 20.0 Å². The number of carbonyl (C=O) groups excluding carboxylic acids is 2. The van der Waals surface area contributed by atoms with E-state index in [9.17, 15) is 9.59 Å². The molecule has 2 aromatic carbocycles. The molecule has 0 aliphatic rings. The summed E-state index contributed by atoms with van der Waals surface area (Å²) in [5, 5.41) is 7.55. The van der Waals surface area contributed by atoms with Crippen molar-refractivity contribution in [3.8, 4) is 11.1 Å². The zero-order chi connectivity index (χ0) is 23.8. The third-order valence-electron chi connectivity index (χ3n) is 5.66. The Morgan fingerprint density at radius 3 is 2.48 bits per heavy atom. The first-order valence-electron chi connectivity index (χ1n) is 11.1. The lowest BCUT2D eigenvalue weighted by atomic mass is 9.97. The highest BCUT2D eigenvalue weighted by molar-refractivity contribution is 6.10. The van der Waals surface area contributed by atoms with Crippen LogP contribution in [0, 0.1) is 0 Å². The van der Waals surface area contributed by atoms with Crippen LogP contribution in [0.2, 0.25) is 0 Å². The van der Waals surface area contributed by atoms with Gasteiger partial charge in [0.25, 0.3) is 5.91 Å². The lowest BCUT2D eigenvalue weighted by Gasteiger charge is -2.30. The molecule has 0 spiro atoms. The average Bonchev–Trinajstić information content (AvgIpc) is 3.43. The van der Waals surface area contributed by atoms with Gasteiger partial charge in [-0.05, 0) is 74.5 Å². The van der Waals surface area contributed by atoms with Crippen molar-refractivity contribution in [3.63, 3.8) is 0 Å². The zero-order valence-electron chi connectivity index (χ0n) is 19.6. The highest BCUT2D eigenvalue weighted by Crippen LogP contribution is 2.32. The molecule has 0 saturated heterocycles. The van der Waals surface area contributed by atoms with Crippen LogP contribution in [0.1, 0.15) is 38.1 Å². The van der Waals surface area contributed by atoms with E-state index in [1.807, 2.05) is 57.4 Å². The van der Waals surface area contributed by atoms with Crippen LogP contribution >= 0.6 is 0 Å².